The van der Waals surface area contributed by atoms with Crippen LogP contribution in [0.5, 0.6) is 0 Å². The largest absolute Gasteiger partial charge is 0.381 e. The molecule has 0 saturated carbocycles. The Morgan fingerprint density at radius 2 is 2.00 bits per heavy atom. The number of Topliss-reactive ketones (excluding diaryl/α,β-unsaturated/α-hetero) is 1. The zero-order valence-electron chi connectivity index (χ0n) is 10.8. The molecular formula is C15H20O3. The highest BCUT2D eigenvalue weighted by Gasteiger charge is 2.19. The fourth-order valence-electron chi connectivity index (χ4n) is 2.11. The Morgan fingerprint density at radius 1 is 1.33 bits per heavy atom. The fraction of sp³-hybridized carbons (Fsp3) is 0.533. The molecule has 1 fully saturated rings. The van der Waals surface area contributed by atoms with E-state index in [0.29, 0.717) is 12.5 Å². The topological polar surface area (TPSA) is 35.5 Å². The first-order valence-electron chi connectivity index (χ1n) is 6.56. The Labute approximate surface area is 108 Å². The third kappa shape index (κ3) is 3.65. The Bertz CT molecular complexity index is 369. The van der Waals surface area contributed by atoms with Gasteiger partial charge in [0.25, 0.3) is 0 Å². The predicted octanol–water partition coefficient (Wildman–Crippen LogP) is 2.70. The van der Waals surface area contributed by atoms with Gasteiger partial charge in [0.05, 0.1) is 6.61 Å². The van der Waals surface area contributed by atoms with Gasteiger partial charge in [-0.15, -0.1) is 0 Å². The highest BCUT2D eigenvalue weighted by molar-refractivity contribution is 5.99. The monoisotopic (exact) mass is 248 g/mol. The van der Waals surface area contributed by atoms with Crippen molar-refractivity contribution in [1.82, 2.24) is 0 Å². The summed E-state index contributed by atoms with van der Waals surface area (Å²) in [4.78, 5) is 12.1. The molecule has 3 heteroatoms. The van der Waals surface area contributed by atoms with E-state index in [1.54, 1.807) is 0 Å². The predicted molar refractivity (Wildman–Crippen MR) is 69.7 cm³/mol. The van der Waals surface area contributed by atoms with Crippen LogP contribution in [0.15, 0.2) is 30.3 Å². The van der Waals surface area contributed by atoms with Crippen LogP contribution in [0.2, 0.25) is 0 Å². The molecule has 1 heterocycles. The molecule has 2 rings (SSSR count). The third-order valence-electron chi connectivity index (χ3n) is 3.35. The molecule has 1 aliphatic heterocycles. The molecule has 18 heavy (non-hydrogen) atoms. The molecule has 0 aliphatic carbocycles. The second kappa shape index (κ2) is 6.66. The van der Waals surface area contributed by atoms with Gasteiger partial charge in [0.15, 0.2) is 5.78 Å². The van der Waals surface area contributed by atoms with E-state index in [-0.39, 0.29) is 11.9 Å². The van der Waals surface area contributed by atoms with E-state index in [4.69, 9.17) is 9.47 Å². The molecule has 0 N–H and O–H groups in total. The van der Waals surface area contributed by atoms with Gasteiger partial charge in [0.1, 0.15) is 6.10 Å². The summed E-state index contributed by atoms with van der Waals surface area (Å²) in [6.07, 6.45) is 1.70. The molecule has 0 amide bonds. The number of benzene rings is 1. The molecule has 0 aromatic heterocycles. The Morgan fingerprint density at radius 3 is 2.67 bits per heavy atom. The van der Waals surface area contributed by atoms with Crippen molar-refractivity contribution < 1.29 is 14.3 Å². The summed E-state index contributed by atoms with van der Waals surface area (Å²) in [5.74, 6) is 0.590. The van der Waals surface area contributed by atoms with Crippen LogP contribution in [-0.4, -0.2) is 31.7 Å². The molecule has 1 atom stereocenters. The Hall–Kier alpha value is -1.19. The normalized spacial score (nSPS) is 18.5. The molecule has 0 radical (unpaired) electrons. The average Bonchev–Trinajstić information content (AvgIpc) is 2.46. The van der Waals surface area contributed by atoms with Crippen LogP contribution in [0, 0.1) is 5.92 Å². The number of hydrogen-bond acceptors (Lipinski definition) is 3. The van der Waals surface area contributed by atoms with Crippen molar-refractivity contribution >= 4 is 5.78 Å². The summed E-state index contributed by atoms with van der Waals surface area (Å²) in [6.45, 7) is 4.11. The summed E-state index contributed by atoms with van der Waals surface area (Å²) >= 11 is 0. The number of ketones is 1. The van der Waals surface area contributed by atoms with Gasteiger partial charge in [0, 0.05) is 18.8 Å². The van der Waals surface area contributed by atoms with Crippen LogP contribution < -0.4 is 0 Å². The second-order valence-corrected chi connectivity index (χ2v) is 4.76. The van der Waals surface area contributed by atoms with E-state index in [0.717, 1.165) is 31.6 Å². The van der Waals surface area contributed by atoms with Gasteiger partial charge >= 0.3 is 0 Å². The maximum Gasteiger partial charge on any atom is 0.191 e. The van der Waals surface area contributed by atoms with Gasteiger partial charge in [0.2, 0.25) is 0 Å². The zero-order valence-corrected chi connectivity index (χ0v) is 10.8. The van der Waals surface area contributed by atoms with Crippen molar-refractivity contribution in [3.63, 3.8) is 0 Å². The lowest BCUT2D eigenvalue weighted by atomic mass is 10.0. The molecule has 1 unspecified atom stereocenters. The van der Waals surface area contributed by atoms with Crippen molar-refractivity contribution in [2.45, 2.75) is 25.9 Å². The first-order chi connectivity index (χ1) is 8.77. The summed E-state index contributed by atoms with van der Waals surface area (Å²) in [6, 6.07) is 9.31. The first-order valence-corrected chi connectivity index (χ1v) is 6.56. The standard InChI is InChI=1S/C15H20O3/c1-12(15(16)14-5-3-2-4-6-14)18-11-13-7-9-17-10-8-13/h2-6,12-13H,7-11H2,1H3. The lowest BCUT2D eigenvalue weighted by Crippen LogP contribution is -2.26. The first kappa shape index (κ1) is 13.2. The van der Waals surface area contributed by atoms with E-state index in [2.05, 4.69) is 0 Å². The molecule has 0 bridgehead atoms. The number of hydrogen-bond donors (Lipinski definition) is 0. The highest BCUT2D eigenvalue weighted by Crippen LogP contribution is 2.16. The minimum absolute atomic E-state index is 0.0580. The molecule has 1 aromatic carbocycles. The Balaban J connectivity index is 1.80. The van der Waals surface area contributed by atoms with Gasteiger partial charge in [-0.05, 0) is 25.7 Å². The Kier molecular flexibility index (Phi) is 4.90. The van der Waals surface area contributed by atoms with Crippen molar-refractivity contribution in [3.05, 3.63) is 35.9 Å². The van der Waals surface area contributed by atoms with Crippen molar-refractivity contribution in [1.29, 1.82) is 0 Å². The zero-order chi connectivity index (χ0) is 12.8. The van der Waals surface area contributed by atoms with Crippen LogP contribution in [0.1, 0.15) is 30.1 Å². The lowest BCUT2D eigenvalue weighted by Gasteiger charge is -2.23. The summed E-state index contributed by atoms with van der Waals surface area (Å²) in [7, 11) is 0. The lowest BCUT2D eigenvalue weighted by molar-refractivity contribution is -0.000213. The summed E-state index contributed by atoms with van der Waals surface area (Å²) in [5.41, 5.74) is 0.719. The molecule has 0 spiro atoms. The fourth-order valence-corrected chi connectivity index (χ4v) is 2.11. The quantitative estimate of drug-likeness (QED) is 0.752. The summed E-state index contributed by atoms with van der Waals surface area (Å²) < 4.78 is 11.0. The van der Waals surface area contributed by atoms with Crippen molar-refractivity contribution in [3.8, 4) is 0 Å². The van der Waals surface area contributed by atoms with Gasteiger partial charge in [-0.1, -0.05) is 30.3 Å². The van der Waals surface area contributed by atoms with Gasteiger partial charge < -0.3 is 9.47 Å². The van der Waals surface area contributed by atoms with E-state index < -0.39 is 0 Å². The van der Waals surface area contributed by atoms with Crippen LogP contribution in [0.3, 0.4) is 0 Å². The minimum Gasteiger partial charge on any atom is -0.381 e. The van der Waals surface area contributed by atoms with E-state index in [9.17, 15) is 4.79 Å². The highest BCUT2D eigenvalue weighted by atomic mass is 16.5. The SMILES string of the molecule is CC(OCC1CCOCC1)C(=O)c1ccccc1. The van der Waals surface area contributed by atoms with E-state index >= 15 is 0 Å². The smallest absolute Gasteiger partial charge is 0.191 e. The second-order valence-electron chi connectivity index (χ2n) is 4.76. The van der Waals surface area contributed by atoms with Crippen LogP contribution in [-0.2, 0) is 9.47 Å². The number of carbonyl (C=O) groups excluding carboxylic acids is 1. The number of carbonyl (C=O) groups is 1. The summed E-state index contributed by atoms with van der Waals surface area (Å²) in [5, 5.41) is 0. The van der Waals surface area contributed by atoms with E-state index in [1.807, 2.05) is 37.3 Å². The molecule has 1 aromatic rings. The molecular weight excluding hydrogens is 228 g/mol. The maximum atomic E-state index is 12.1. The minimum atomic E-state index is -0.366. The molecule has 1 aliphatic rings. The van der Waals surface area contributed by atoms with Gasteiger partial charge in [-0.2, -0.15) is 0 Å². The number of rotatable bonds is 5. The average molecular weight is 248 g/mol. The van der Waals surface area contributed by atoms with Crippen LogP contribution >= 0.6 is 0 Å². The van der Waals surface area contributed by atoms with Crippen molar-refractivity contribution in [2.75, 3.05) is 19.8 Å². The molecule has 98 valence electrons. The van der Waals surface area contributed by atoms with E-state index in [1.165, 1.54) is 0 Å². The van der Waals surface area contributed by atoms with Crippen molar-refractivity contribution in [2.24, 2.45) is 5.92 Å². The molecule has 1 saturated heterocycles. The molecule has 3 nitrogen and oxygen atoms in total. The van der Waals surface area contributed by atoms with Crippen LogP contribution in [0.4, 0.5) is 0 Å². The maximum absolute atomic E-state index is 12.1. The van der Waals surface area contributed by atoms with Crippen LogP contribution in [0.25, 0.3) is 0 Å². The number of ether oxygens (including phenoxy) is 2. The van der Waals surface area contributed by atoms with Gasteiger partial charge in [-0.3, -0.25) is 4.79 Å². The van der Waals surface area contributed by atoms with Gasteiger partial charge in [-0.25, -0.2) is 0 Å². The third-order valence-corrected chi connectivity index (χ3v) is 3.35.